The van der Waals surface area contributed by atoms with Crippen LogP contribution in [0, 0.1) is 5.41 Å². The summed E-state index contributed by atoms with van der Waals surface area (Å²) in [4.78, 5) is 16.3. The molecule has 7 nitrogen and oxygen atoms in total. The van der Waals surface area contributed by atoms with Gasteiger partial charge in [-0.1, -0.05) is 12.1 Å². The van der Waals surface area contributed by atoms with Gasteiger partial charge in [-0.05, 0) is 51.7 Å². The quantitative estimate of drug-likeness (QED) is 0.759. The molecule has 3 rings (SSSR count). The van der Waals surface area contributed by atoms with E-state index in [1.807, 2.05) is 6.92 Å². The van der Waals surface area contributed by atoms with E-state index in [1.165, 1.54) is 12.7 Å². The number of sulfonamides is 1. The van der Waals surface area contributed by atoms with Crippen molar-refractivity contribution in [3.63, 3.8) is 0 Å². The number of nitrogens with zero attached hydrogens (tertiary/aromatic N) is 1. The standard InChI is InChI=1S/C19H24N2O5S/c1-3-26-18(22)19(2)10-8-15(9-11-19)21-27(23,24)16-6-4-14(5-7-16)17-12-25-13-20-17/h4-7,12-13,15,21H,3,8-11H2,1-2H3. The zero-order valence-corrected chi connectivity index (χ0v) is 16.3. The number of hydrogen-bond donors (Lipinski definition) is 1. The number of benzene rings is 1. The van der Waals surface area contributed by atoms with Crippen LogP contribution in [0.25, 0.3) is 11.3 Å². The summed E-state index contributed by atoms with van der Waals surface area (Å²) in [7, 11) is -3.62. The molecule has 2 aromatic rings. The van der Waals surface area contributed by atoms with E-state index in [-0.39, 0.29) is 16.9 Å². The maximum Gasteiger partial charge on any atom is 0.311 e. The summed E-state index contributed by atoms with van der Waals surface area (Å²) >= 11 is 0. The van der Waals surface area contributed by atoms with Crippen molar-refractivity contribution in [3.05, 3.63) is 36.9 Å². The first-order valence-electron chi connectivity index (χ1n) is 9.02. The fraction of sp³-hybridized carbons (Fsp3) is 0.474. The van der Waals surface area contributed by atoms with E-state index in [0.717, 1.165) is 5.56 Å². The van der Waals surface area contributed by atoms with Crippen LogP contribution in [-0.4, -0.2) is 32.0 Å². The Hall–Kier alpha value is -2.19. The molecule has 0 radical (unpaired) electrons. The van der Waals surface area contributed by atoms with Gasteiger partial charge in [0.05, 0.1) is 16.9 Å². The molecule has 0 saturated heterocycles. The second-order valence-electron chi connectivity index (χ2n) is 7.07. The molecule has 1 saturated carbocycles. The van der Waals surface area contributed by atoms with Crippen molar-refractivity contribution >= 4 is 16.0 Å². The van der Waals surface area contributed by atoms with Crippen LogP contribution in [0.5, 0.6) is 0 Å². The largest absolute Gasteiger partial charge is 0.466 e. The molecule has 1 aromatic heterocycles. The average molecular weight is 392 g/mol. The number of ether oxygens (including phenoxy) is 1. The molecule has 0 aliphatic heterocycles. The van der Waals surface area contributed by atoms with Crippen LogP contribution in [0.2, 0.25) is 0 Å². The fourth-order valence-corrected chi connectivity index (χ4v) is 4.63. The van der Waals surface area contributed by atoms with Crippen molar-refractivity contribution in [1.82, 2.24) is 9.71 Å². The van der Waals surface area contributed by atoms with Gasteiger partial charge in [0.15, 0.2) is 6.39 Å². The molecule has 1 aromatic carbocycles. The molecule has 1 fully saturated rings. The Morgan fingerprint density at radius 1 is 1.30 bits per heavy atom. The third-order valence-electron chi connectivity index (χ3n) is 5.07. The van der Waals surface area contributed by atoms with Crippen molar-refractivity contribution in [3.8, 4) is 11.3 Å². The highest BCUT2D eigenvalue weighted by Crippen LogP contribution is 2.37. The molecule has 0 atom stereocenters. The summed E-state index contributed by atoms with van der Waals surface area (Å²) in [6.07, 6.45) is 5.24. The molecule has 1 aliphatic carbocycles. The van der Waals surface area contributed by atoms with Gasteiger partial charge in [0.1, 0.15) is 12.0 Å². The van der Waals surface area contributed by atoms with Gasteiger partial charge in [0, 0.05) is 11.6 Å². The van der Waals surface area contributed by atoms with E-state index >= 15 is 0 Å². The van der Waals surface area contributed by atoms with Crippen molar-refractivity contribution in [2.45, 2.75) is 50.5 Å². The SMILES string of the molecule is CCOC(=O)C1(C)CCC(NS(=O)(=O)c2ccc(-c3cocn3)cc2)CC1. The molecule has 0 amide bonds. The number of hydrogen-bond acceptors (Lipinski definition) is 6. The Bertz CT molecular complexity index is 867. The highest BCUT2D eigenvalue weighted by atomic mass is 32.2. The first kappa shape index (κ1) is 19.6. The second-order valence-corrected chi connectivity index (χ2v) is 8.79. The molecule has 27 heavy (non-hydrogen) atoms. The summed E-state index contributed by atoms with van der Waals surface area (Å²) in [5.41, 5.74) is 0.903. The Balaban J connectivity index is 1.63. The van der Waals surface area contributed by atoms with Gasteiger partial charge in [-0.2, -0.15) is 0 Å². The van der Waals surface area contributed by atoms with Crippen molar-refractivity contribution in [2.24, 2.45) is 5.41 Å². The van der Waals surface area contributed by atoms with Crippen molar-refractivity contribution < 1.29 is 22.4 Å². The van der Waals surface area contributed by atoms with Crippen LogP contribution in [0.3, 0.4) is 0 Å². The van der Waals surface area contributed by atoms with Crippen LogP contribution in [0.15, 0.2) is 46.2 Å². The minimum absolute atomic E-state index is 0.187. The molecule has 1 heterocycles. The number of carbonyl (C=O) groups excluding carboxylic acids is 1. The number of rotatable bonds is 6. The van der Waals surface area contributed by atoms with E-state index in [4.69, 9.17) is 9.15 Å². The third-order valence-corrected chi connectivity index (χ3v) is 6.61. The van der Waals surface area contributed by atoms with Crippen LogP contribution in [0.4, 0.5) is 0 Å². The fourth-order valence-electron chi connectivity index (χ4n) is 3.33. The highest BCUT2D eigenvalue weighted by Gasteiger charge is 2.39. The van der Waals surface area contributed by atoms with E-state index in [9.17, 15) is 13.2 Å². The molecular formula is C19H24N2O5S. The van der Waals surface area contributed by atoms with E-state index in [0.29, 0.717) is 38.0 Å². The number of nitrogens with one attached hydrogen (secondary N) is 1. The third kappa shape index (κ3) is 4.39. The van der Waals surface area contributed by atoms with Gasteiger partial charge in [-0.25, -0.2) is 18.1 Å². The number of oxazole rings is 1. The maximum absolute atomic E-state index is 12.7. The van der Waals surface area contributed by atoms with Crippen LogP contribution < -0.4 is 4.72 Å². The van der Waals surface area contributed by atoms with Crippen LogP contribution in [-0.2, 0) is 19.6 Å². The topological polar surface area (TPSA) is 98.5 Å². The summed E-state index contributed by atoms with van der Waals surface area (Å²) in [6.45, 7) is 4.03. The maximum atomic E-state index is 12.7. The van der Waals surface area contributed by atoms with Crippen LogP contribution >= 0.6 is 0 Å². The first-order valence-corrected chi connectivity index (χ1v) is 10.5. The molecule has 1 aliphatic rings. The van der Waals surface area contributed by atoms with Crippen LogP contribution in [0.1, 0.15) is 39.5 Å². The lowest BCUT2D eigenvalue weighted by Crippen LogP contribution is -2.42. The lowest BCUT2D eigenvalue weighted by Gasteiger charge is -2.35. The van der Waals surface area contributed by atoms with Gasteiger partial charge in [0.2, 0.25) is 10.0 Å². The molecular weight excluding hydrogens is 368 g/mol. The Morgan fingerprint density at radius 2 is 1.96 bits per heavy atom. The van der Waals surface area contributed by atoms with Gasteiger partial charge in [-0.3, -0.25) is 4.79 Å². The monoisotopic (exact) mass is 392 g/mol. The first-order chi connectivity index (χ1) is 12.8. The number of esters is 1. The summed E-state index contributed by atoms with van der Waals surface area (Å²) in [5, 5.41) is 0. The van der Waals surface area contributed by atoms with Crippen molar-refractivity contribution in [2.75, 3.05) is 6.61 Å². The minimum Gasteiger partial charge on any atom is -0.466 e. The van der Waals surface area contributed by atoms with E-state index in [1.54, 1.807) is 31.2 Å². The predicted octanol–water partition coefficient (Wildman–Crippen LogP) is 3.13. The second kappa shape index (κ2) is 7.82. The van der Waals surface area contributed by atoms with E-state index in [2.05, 4.69) is 9.71 Å². The lowest BCUT2D eigenvalue weighted by molar-refractivity contribution is -0.156. The average Bonchev–Trinajstić information content (AvgIpc) is 3.19. The smallest absolute Gasteiger partial charge is 0.311 e. The Kier molecular flexibility index (Phi) is 5.67. The summed E-state index contributed by atoms with van der Waals surface area (Å²) < 4.78 is 38.2. The van der Waals surface area contributed by atoms with Gasteiger partial charge in [-0.15, -0.1) is 0 Å². The van der Waals surface area contributed by atoms with Crippen molar-refractivity contribution in [1.29, 1.82) is 0 Å². The molecule has 146 valence electrons. The summed E-state index contributed by atoms with van der Waals surface area (Å²) in [5.74, 6) is -0.199. The Labute approximate surface area is 159 Å². The predicted molar refractivity (Wildman–Crippen MR) is 99.3 cm³/mol. The highest BCUT2D eigenvalue weighted by molar-refractivity contribution is 7.89. The zero-order chi connectivity index (χ0) is 19.5. The lowest BCUT2D eigenvalue weighted by atomic mass is 9.74. The van der Waals surface area contributed by atoms with Gasteiger partial charge < -0.3 is 9.15 Å². The van der Waals surface area contributed by atoms with E-state index < -0.39 is 15.4 Å². The molecule has 0 bridgehead atoms. The number of aromatic nitrogens is 1. The van der Waals surface area contributed by atoms with Gasteiger partial charge in [0.25, 0.3) is 0 Å². The molecule has 8 heteroatoms. The zero-order valence-electron chi connectivity index (χ0n) is 15.5. The normalized spacial score (nSPS) is 23.1. The number of carbonyl (C=O) groups is 1. The molecule has 0 spiro atoms. The Morgan fingerprint density at radius 3 is 2.52 bits per heavy atom. The summed E-state index contributed by atoms with van der Waals surface area (Å²) in [6, 6.07) is 6.32. The van der Waals surface area contributed by atoms with Gasteiger partial charge >= 0.3 is 5.97 Å². The molecule has 1 N–H and O–H groups in total. The molecule has 0 unspecified atom stereocenters. The minimum atomic E-state index is -3.62.